The van der Waals surface area contributed by atoms with E-state index in [9.17, 15) is 4.79 Å². The molecule has 0 saturated heterocycles. The standard InChI is InChI=1S/C11H23NO2/c1-4-10(9(2)3)12-11(14)7-5-6-8-13/h9-10,13H,4-8H2,1-3H3,(H,12,14). The zero-order valence-electron chi connectivity index (χ0n) is 9.55. The van der Waals surface area contributed by atoms with Crippen LogP contribution in [0.1, 0.15) is 46.5 Å². The highest BCUT2D eigenvalue weighted by atomic mass is 16.2. The van der Waals surface area contributed by atoms with Gasteiger partial charge in [0, 0.05) is 19.1 Å². The summed E-state index contributed by atoms with van der Waals surface area (Å²) in [7, 11) is 0. The minimum absolute atomic E-state index is 0.110. The Morgan fingerprint density at radius 3 is 2.43 bits per heavy atom. The number of amides is 1. The summed E-state index contributed by atoms with van der Waals surface area (Å²) in [6.45, 7) is 6.48. The molecule has 0 rings (SSSR count). The first-order valence-electron chi connectivity index (χ1n) is 5.52. The van der Waals surface area contributed by atoms with Gasteiger partial charge in [-0.1, -0.05) is 20.8 Å². The molecule has 0 aromatic carbocycles. The summed E-state index contributed by atoms with van der Waals surface area (Å²) in [6, 6.07) is 0.289. The summed E-state index contributed by atoms with van der Waals surface area (Å²) in [5, 5.41) is 11.6. The number of carbonyl (C=O) groups is 1. The Hall–Kier alpha value is -0.570. The predicted molar refractivity (Wildman–Crippen MR) is 58.0 cm³/mol. The van der Waals surface area contributed by atoms with E-state index in [-0.39, 0.29) is 18.6 Å². The van der Waals surface area contributed by atoms with Crippen molar-refractivity contribution in [2.45, 2.75) is 52.5 Å². The van der Waals surface area contributed by atoms with Gasteiger partial charge in [0.05, 0.1) is 0 Å². The van der Waals surface area contributed by atoms with Gasteiger partial charge >= 0.3 is 0 Å². The topological polar surface area (TPSA) is 49.3 Å². The van der Waals surface area contributed by atoms with Crippen LogP contribution in [0.15, 0.2) is 0 Å². The predicted octanol–water partition coefficient (Wildman–Crippen LogP) is 1.70. The van der Waals surface area contributed by atoms with Crippen LogP contribution in [-0.2, 0) is 4.79 Å². The molecule has 84 valence electrons. The summed E-state index contributed by atoms with van der Waals surface area (Å²) in [5.74, 6) is 0.598. The van der Waals surface area contributed by atoms with Crippen molar-refractivity contribution in [2.24, 2.45) is 5.92 Å². The van der Waals surface area contributed by atoms with E-state index in [1.54, 1.807) is 0 Å². The van der Waals surface area contributed by atoms with Crippen molar-refractivity contribution in [1.82, 2.24) is 5.32 Å². The van der Waals surface area contributed by atoms with Crippen LogP contribution in [0.25, 0.3) is 0 Å². The molecule has 0 saturated carbocycles. The molecule has 0 heterocycles. The zero-order valence-corrected chi connectivity index (χ0v) is 9.55. The van der Waals surface area contributed by atoms with Gasteiger partial charge in [0.15, 0.2) is 0 Å². The molecule has 1 amide bonds. The van der Waals surface area contributed by atoms with Crippen molar-refractivity contribution in [2.75, 3.05) is 6.61 Å². The molecule has 0 aromatic heterocycles. The van der Waals surface area contributed by atoms with Gasteiger partial charge in [-0.15, -0.1) is 0 Å². The second kappa shape index (κ2) is 7.80. The third kappa shape index (κ3) is 5.97. The molecule has 0 aliphatic rings. The fourth-order valence-electron chi connectivity index (χ4n) is 1.42. The molecule has 0 fully saturated rings. The molecule has 14 heavy (non-hydrogen) atoms. The Balaban J connectivity index is 3.68. The highest BCUT2D eigenvalue weighted by Crippen LogP contribution is 2.06. The van der Waals surface area contributed by atoms with Gasteiger partial charge in [0.2, 0.25) is 5.91 Å². The number of aliphatic hydroxyl groups excluding tert-OH is 1. The highest BCUT2D eigenvalue weighted by Gasteiger charge is 2.13. The molecule has 0 aliphatic carbocycles. The normalized spacial score (nSPS) is 12.9. The zero-order chi connectivity index (χ0) is 11.0. The molecular formula is C11H23NO2. The number of hydrogen-bond donors (Lipinski definition) is 2. The maximum Gasteiger partial charge on any atom is 0.220 e. The molecule has 2 N–H and O–H groups in total. The highest BCUT2D eigenvalue weighted by molar-refractivity contribution is 5.76. The minimum atomic E-state index is 0.110. The van der Waals surface area contributed by atoms with Crippen molar-refractivity contribution < 1.29 is 9.90 Å². The number of aliphatic hydroxyl groups is 1. The van der Waals surface area contributed by atoms with Crippen molar-refractivity contribution in [3.05, 3.63) is 0 Å². The van der Waals surface area contributed by atoms with Crippen LogP contribution >= 0.6 is 0 Å². The molecule has 3 nitrogen and oxygen atoms in total. The molecule has 1 atom stereocenters. The first kappa shape index (κ1) is 13.4. The average molecular weight is 201 g/mol. The first-order valence-corrected chi connectivity index (χ1v) is 5.52. The number of hydrogen-bond acceptors (Lipinski definition) is 2. The van der Waals surface area contributed by atoms with E-state index in [0.717, 1.165) is 12.8 Å². The quantitative estimate of drug-likeness (QED) is 0.616. The third-order valence-corrected chi connectivity index (χ3v) is 2.40. The van der Waals surface area contributed by atoms with E-state index in [2.05, 4.69) is 26.1 Å². The van der Waals surface area contributed by atoms with Crippen molar-refractivity contribution in [3.63, 3.8) is 0 Å². The Bertz CT molecular complexity index is 157. The first-order chi connectivity index (χ1) is 6.61. The van der Waals surface area contributed by atoms with E-state index in [1.165, 1.54) is 0 Å². The molecule has 1 unspecified atom stereocenters. The SMILES string of the molecule is CCC(NC(=O)CCCCO)C(C)C. The molecule has 0 radical (unpaired) electrons. The summed E-state index contributed by atoms with van der Waals surface area (Å²) >= 11 is 0. The van der Waals surface area contributed by atoms with Crippen LogP contribution in [0, 0.1) is 5.92 Å². The smallest absolute Gasteiger partial charge is 0.220 e. The number of nitrogens with one attached hydrogen (secondary N) is 1. The van der Waals surface area contributed by atoms with Crippen LogP contribution in [0.4, 0.5) is 0 Å². The summed E-state index contributed by atoms with van der Waals surface area (Å²) in [6.07, 6.45) is 3.00. The van der Waals surface area contributed by atoms with E-state index in [1.807, 2.05) is 0 Å². The minimum Gasteiger partial charge on any atom is -0.396 e. The molecule has 0 bridgehead atoms. The number of carbonyl (C=O) groups excluding carboxylic acids is 1. The molecule has 0 aromatic rings. The van der Waals surface area contributed by atoms with Crippen LogP contribution in [0.3, 0.4) is 0 Å². The summed E-state index contributed by atoms with van der Waals surface area (Å²) in [4.78, 5) is 11.4. The van der Waals surface area contributed by atoms with E-state index in [4.69, 9.17) is 5.11 Å². The van der Waals surface area contributed by atoms with Crippen LogP contribution in [0.2, 0.25) is 0 Å². The second-order valence-electron chi connectivity index (χ2n) is 4.01. The molecule has 0 spiro atoms. The fourth-order valence-corrected chi connectivity index (χ4v) is 1.42. The molecule has 3 heteroatoms. The van der Waals surface area contributed by atoms with E-state index < -0.39 is 0 Å². The van der Waals surface area contributed by atoms with Crippen LogP contribution < -0.4 is 5.32 Å². The molecule has 0 aliphatic heterocycles. The number of unbranched alkanes of at least 4 members (excludes halogenated alkanes) is 1. The Morgan fingerprint density at radius 1 is 1.36 bits per heavy atom. The summed E-state index contributed by atoms with van der Waals surface area (Å²) < 4.78 is 0. The van der Waals surface area contributed by atoms with Crippen molar-refractivity contribution >= 4 is 5.91 Å². The second-order valence-corrected chi connectivity index (χ2v) is 4.01. The Kier molecular flexibility index (Phi) is 7.48. The third-order valence-electron chi connectivity index (χ3n) is 2.40. The van der Waals surface area contributed by atoms with Gasteiger partial charge in [-0.05, 0) is 25.2 Å². The van der Waals surface area contributed by atoms with Crippen LogP contribution in [0.5, 0.6) is 0 Å². The maximum absolute atomic E-state index is 11.4. The van der Waals surface area contributed by atoms with Gasteiger partial charge in [0.1, 0.15) is 0 Å². The van der Waals surface area contributed by atoms with Crippen molar-refractivity contribution in [1.29, 1.82) is 0 Å². The Morgan fingerprint density at radius 2 is 2.00 bits per heavy atom. The van der Waals surface area contributed by atoms with Gasteiger partial charge in [-0.25, -0.2) is 0 Å². The Labute approximate surface area is 86.9 Å². The van der Waals surface area contributed by atoms with E-state index in [0.29, 0.717) is 18.8 Å². The lowest BCUT2D eigenvalue weighted by molar-refractivity contribution is -0.122. The monoisotopic (exact) mass is 201 g/mol. The fraction of sp³-hybridized carbons (Fsp3) is 0.909. The largest absolute Gasteiger partial charge is 0.396 e. The van der Waals surface area contributed by atoms with E-state index >= 15 is 0 Å². The van der Waals surface area contributed by atoms with Gasteiger partial charge in [0.25, 0.3) is 0 Å². The van der Waals surface area contributed by atoms with Gasteiger partial charge < -0.3 is 10.4 Å². The lowest BCUT2D eigenvalue weighted by Crippen LogP contribution is -2.37. The number of rotatable bonds is 7. The lowest BCUT2D eigenvalue weighted by Gasteiger charge is -2.20. The summed E-state index contributed by atoms with van der Waals surface area (Å²) in [5.41, 5.74) is 0. The molecular weight excluding hydrogens is 178 g/mol. The lowest BCUT2D eigenvalue weighted by atomic mass is 10.0. The van der Waals surface area contributed by atoms with Gasteiger partial charge in [-0.3, -0.25) is 4.79 Å². The van der Waals surface area contributed by atoms with Gasteiger partial charge in [-0.2, -0.15) is 0 Å². The average Bonchev–Trinajstić information content (AvgIpc) is 2.14. The van der Waals surface area contributed by atoms with Crippen LogP contribution in [-0.4, -0.2) is 23.7 Å². The van der Waals surface area contributed by atoms with Crippen molar-refractivity contribution in [3.8, 4) is 0 Å². The maximum atomic E-state index is 11.4.